The van der Waals surface area contributed by atoms with E-state index in [2.05, 4.69) is 25.4 Å². The molecule has 0 radical (unpaired) electrons. The molecule has 2 aromatic heterocycles. The predicted octanol–water partition coefficient (Wildman–Crippen LogP) is 0.763. The van der Waals surface area contributed by atoms with Gasteiger partial charge in [-0.1, -0.05) is 0 Å². The van der Waals surface area contributed by atoms with Crippen molar-refractivity contribution in [3.8, 4) is 11.3 Å². The number of hydrogen-bond acceptors (Lipinski definition) is 6. The number of rotatable bonds is 3. The van der Waals surface area contributed by atoms with E-state index in [1.54, 1.807) is 10.9 Å². The molecule has 1 fully saturated rings. The average Bonchev–Trinajstić information content (AvgIpc) is 3.09. The SMILES string of the molecule is Cn1cc(-c2cc(NN)nc(N3CCCC3)n2)cn1. The molecule has 1 saturated heterocycles. The van der Waals surface area contributed by atoms with Crippen molar-refractivity contribution < 1.29 is 0 Å². The van der Waals surface area contributed by atoms with Gasteiger partial charge in [0.1, 0.15) is 5.82 Å². The zero-order valence-electron chi connectivity index (χ0n) is 10.9. The number of hydrazine groups is 1. The Kier molecular flexibility index (Phi) is 3.04. The Hall–Kier alpha value is -2.15. The maximum Gasteiger partial charge on any atom is 0.227 e. The number of nitrogens with zero attached hydrogens (tertiary/aromatic N) is 5. The third kappa shape index (κ3) is 2.37. The van der Waals surface area contributed by atoms with E-state index in [9.17, 15) is 0 Å². The van der Waals surface area contributed by atoms with Crippen molar-refractivity contribution in [2.75, 3.05) is 23.4 Å². The normalized spacial score (nSPS) is 14.9. The van der Waals surface area contributed by atoms with E-state index < -0.39 is 0 Å². The van der Waals surface area contributed by atoms with E-state index in [4.69, 9.17) is 5.84 Å². The summed E-state index contributed by atoms with van der Waals surface area (Å²) in [4.78, 5) is 11.2. The Morgan fingerprint density at radius 3 is 2.68 bits per heavy atom. The number of aromatic nitrogens is 4. The zero-order valence-corrected chi connectivity index (χ0v) is 10.9. The van der Waals surface area contributed by atoms with Crippen LogP contribution in [0.15, 0.2) is 18.5 Å². The van der Waals surface area contributed by atoms with E-state index in [0.29, 0.717) is 5.82 Å². The zero-order chi connectivity index (χ0) is 13.2. The summed E-state index contributed by atoms with van der Waals surface area (Å²) in [7, 11) is 1.88. The minimum atomic E-state index is 0.621. The van der Waals surface area contributed by atoms with Crippen LogP contribution >= 0.6 is 0 Å². The Morgan fingerprint density at radius 2 is 2.05 bits per heavy atom. The molecule has 7 nitrogen and oxygen atoms in total. The standard InChI is InChI=1S/C12H17N7/c1-18-8-9(7-14-18)10-6-11(17-13)16-12(15-10)19-4-2-3-5-19/h6-8H,2-5,13H2,1H3,(H,15,16,17). The maximum atomic E-state index is 5.49. The molecule has 0 aliphatic carbocycles. The molecule has 7 heteroatoms. The van der Waals surface area contributed by atoms with Gasteiger partial charge < -0.3 is 10.3 Å². The quantitative estimate of drug-likeness (QED) is 0.625. The van der Waals surface area contributed by atoms with Gasteiger partial charge >= 0.3 is 0 Å². The first-order valence-electron chi connectivity index (χ1n) is 6.36. The molecule has 3 heterocycles. The van der Waals surface area contributed by atoms with Gasteiger partial charge in [-0.3, -0.25) is 4.68 Å². The van der Waals surface area contributed by atoms with Crippen molar-refractivity contribution in [3.63, 3.8) is 0 Å². The summed E-state index contributed by atoms with van der Waals surface area (Å²) < 4.78 is 1.75. The van der Waals surface area contributed by atoms with Crippen LogP contribution in [0.1, 0.15) is 12.8 Å². The van der Waals surface area contributed by atoms with Crippen LogP contribution in [0.5, 0.6) is 0 Å². The van der Waals surface area contributed by atoms with Crippen LogP contribution < -0.4 is 16.2 Å². The van der Waals surface area contributed by atoms with Gasteiger partial charge in [-0.15, -0.1) is 0 Å². The third-order valence-corrected chi connectivity index (χ3v) is 3.25. The Morgan fingerprint density at radius 1 is 1.26 bits per heavy atom. The molecule has 0 amide bonds. The summed E-state index contributed by atoms with van der Waals surface area (Å²) in [5, 5.41) is 4.17. The minimum Gasteiger partial charge on any atom is -0.341 e. The van der Waals surface area contributed by atoms with Crippen molar-refractivity contribution >= 4 is 11.8 Å². The van der Waals surface area contributed by atoms with E-state index in [0.717, 1.165) is 30.3 Å². The average molecular weight is 259 g/mol. The van der Waals surface area contributed by atoms with Gasteiger partial charge in [-0.2, -0.15) is 10.1 Å². The summed E-state index contributed by atoms with van der Waals surface area (Å²) in [6.07, 6.45) is 6.09. The molecule has 0 aromatic carbocycles. The fourth-order valence-corrected chi connectivity index (χ4v) is 2.27. The van der Waals surface area contributed by atoms with E-state index in [1.807, 2.05) is 19.3 Å². The van der Waals surface area contributed by atoms with Crippen LogP contribution in [0.3, 0.4) is 0 Å². The lowest BCUT2D eigenvalue weighted by Gasteiger charge is -2.16. The van der Waals surface area contributed by atoms with Crippen LogP contribution in [0, 0.1) is 0 Å². The highest BCUT2D eigenvalue weighted by Gasteiger charge is 2.17. The number of aryl methyl sites for hydroxylation is 1. The molecular weight excluding hydrogens is 242 g/mol. The summed E-state index contributed by atoms with van der Waals surface area (Å²) in [5.74, 6) is 6.84. The monoisotopic (exact) mass is 259 g/mol. The van der Waals surface area contributed by atoms with E-state index in [1.165, 1.54) is 12.8 Å². The van der Waals surface area contributed by atoms with Gasteiger partial charge in [-0.25, -0.2) is 10.8 Å². The molecule has 1 aliphatic rings. The first-order chi connectivity index (χ1) is 9.26. The molecule has 19 heavy (non-hydrogen) atoms. The van der Waals surface area contributed by atoms with Crippen molar-refractivity contribution in [2.24, 2.45) is 12.9 Å². The van der Waals surface area contributed by atoms with Crippen molar-refractivity contribution in [3.05, 3.63) is 18.5 Å². The summed E-state index contributed by atoms with van der Waals surface area (Å²) in [6, 6.07) is 1.83. The largest absolute Gasteiger partial charge is 0.341 e. The fourth-order valence-electron chi connectivity index (χ4n) is 2.27. The predicted molar refractivity (Wildman–Crippen MR) is 73.5 cm³/mol. The first kappa shape index (κ1) is 11.9. The second kappa shape index (κ2) is 4.85. The molecule has 1 aliphatic heterocycles. The van der Waals surface area contributed by atoms with Crippen LogP contribution in [-0.4, -0.2) is 32.8 Å². The summed E-state index contributed by atoms with van der Waals surface area (Å²) in [5.41, 5.74) is 4.39. The van der Waals surface area contributed by atoms with Gasteiger partial charge in [0.05, 0.1) is 11.9 Å². The van der Waals surface area contributed by atoms with Crippen molar-refractivity contribution in [1.29, 1.82) is 0 Å². The topological polar surface area (TPSA) is 84.9 Å². The molecule has 0 saturated carbocycles. The van der Waals surface area contributed by atoms with Gasteiger partial charge in [0.15, 0.2) is 0 Å². The second-order valence-corrected chi connectivity index (χ2v) is 4.68. The highest BCUT2D eigenvalue weighted by Crippen LogP contribution is 2.24. The molecule has 3 N–H and O–H groups in total. The van der Waals surface area contributed by atoms with E-state index >= 15 is 0 Å². The van der Waals surface area contributed by atoms with Crippen molar-refractivity contribution in [2.45, 2.75) is 12.8 Å². The number of nitrogens with two attached hydrogens (primary N) is 1. The van der Waals surface area contributed by atoms with E-state index in [-0.39, 0.29) is 0 Å². The maximum absolute atomic E-state index is 5.49. The second-order valence-electron chi connectivity index (χ2n) is 4.68. The fraction of sp³-hybridized carbons (Fsp3) is 0.417. The lowest BCUT2D eigenvalue weighted by Crippen LogP contribution is -2.21. The highest BCUT2D eigenvalue weighted by atomic mass is 15.3. The van der Waals surface area contributed by atoms with Gasteiger partial charge in [0.2, 0.25) is 5.95 Å². The van der Waals surface area contributed by atoms with Gasteiger partial charge in [0.25, 0.3) is 0 Å². The van der Waals surface area contributed by atoms with Crippen molar-refractivity contribution in [1.82, 2.24) is 19.7 Å². The number of hydrogen-bond donors (Lipinski definition) is 2. The molecule has 0 bridgehead atoms. The number of nitrogen functional groups attached to an aromatic ring is 1. The molecule has 0 spiro atoms. The molecule has 0 atom stereocenters. The molecule has 0 unspecified atom stereocenters. The molecular formula is C12H17N7. The minimum absolute atomic E-state index is 0.621. The molecule has 100 valence electrons. The number of nitrogens with one attached hydrogen (secondary N) is 1. The molecule has 2 aromatic rings. The molecule has 3 rings (SSSR count). The third-order valence-electron chi connectivity index (χ3n) is 3.25. The first-order valence-corrected chi connectivity index (χ1v) is 6.36. The van der Waals surface area contributed by atoms with Gasteiger partial charge in [0, 0.05) is 38.0 Å². The van der Waals surface area contributed by atoms with Crippen LogP contribution in [0.25, 0.3) is 11.3 Å². The Bertz CT molecular complexity index is 571. The summed E-state index contributed by atoms with van der Waals surface area (Å²) in [6.45, 7) is 2.00. The Balaban J connectivity index is 2.01. The Labute approximate surface area is 111 Å². The smallest absolute Gasteiger partial charge is 0.227 e. The lowest BCUT2D eigenvalue weighted by atomic mass is 10.2. The van der Waals surface area contributed by atoms with Crippen LogP contribution in [0.4, 0.5) is 11.8 Å². The van der Waals surface area contributed by atoms with Crippen LogP contribution in [-0.2, 0) is 7.05 Å². The van der Waals surface area contributed by atoms with Crippen LogP contribution in [0.2, 0.25) is 0 Å². The highest BCUT2D eigenvalue weighted by molar-refractivity contribution is 5.63. The van der Waals surface area contributed by atoms with Gasteiger partial charge in [-0.05, 0) is 12.8 Å². The summed E-state index contributed by atoms with van der Waals surface area (Å²) >= 11 is 0. The lowest BCUT2D eigenvalue weighted by molar-refractivity contribution is 0.768. The number of anilines is 2.